The van der Waals surface area contributed by atoms with Crippen LogP contribution in [0.1, 0.15) is 25.3 Å². The molecule has 0 radical (unpaired) electrons. The zero-order chi connectivity index (χ0) is 16.6. The number of rotatable bonds is 2. The van der Waals surface area contributed by atoms with Gasteiger partial charge in [-0.1, -0.05) is 12.1 Å². The Morgan fingerprint density at radius 3 is 2.91 bits per heavy atom. The summed E-state index contributed by atoms with van der Waals surface area (Å²) in [6.45, 7) is 3.57. The fourth-order valence-electron chi connectivity index (χ4n) is 3.21. The Hall–Kier alpha value is -2.55. The molecular weight excluding hydrogens is 290 g/mol. The van der Waals surface area contributed by atoms with Crippen LogP contribution in [0.15, 0.2) is 29.3 Å². The number of carbonyl (C=O) groups is 1. The minimum Gasteiger partial charge on any atom is -0.370 e. The first-order valence-electron chi connectivity index (χ1n) is 7.80. The molecule has 0 bridgehead atoms. The molecule has 0 saturated carbocycles. The van der Waals surface area contributed by atoms with Crippen molar-refractivity contribution < 1.29 is 4.79 Å². The van der Waals surface area contributed by atoms with Crippen LogP contribution >= 0.6 is 0 Å². The van der Waals surface area contributed by atoms with Crippen molar-refractivity contribution in [1.29, 1.82) is 5.26 Å². The van der Waals surface area contributed by atoms with Gasteiger partial charge in [0.05, 0.1) is 23.9 Å². The number of anilines is 1. The second kappa shape index (κ2) is 5.58. The van der Waals surface area contributed by atoms with Gasteiger partial charge >= 0.3 is 0 Å². The summed E-state index contributed by atoms with van der Waals surface area (Å²) in [5.74, 6) is 0.309. The SMILES string of the molecule is CN1C(=O)CC(C)(c2cccc(N3CCC(C#N)C3)c2)N=C1N. The normalized spacial score (nSPS) is 27.8. The zero-order valence-electron chi connectivity index (χ0n) is 13.5. The molecule has 2 aliphatic heterocycles. The summed E-state index contributed by atoms with van der Waals surface area (Å²) >= 11 is 0. The number of nitrogens with two attached hydrogens (primary N) is 1. The molecule has 1 amide bonds. The zero-order valence-corrected chi connectivity index (χ0v) is 13.5. The Labute approximate surface area is 136 Å². The van der Waals surface area contributed by atoms with Crippen molar-refractivity contribution in [2.75, 3.05) is 25.0 Å². The van der Waals surface area contributed by atoms with Crippen molar-refractivity contribution in [2.24, 2.45) is 16.6 Å². The molecule has 23 heavy (non-hydrogen) atoms. The predicted molar refractivity (Wildman–Crippen MR) is 88.7 cm³/mol. The standard InChI is InChI=1S/C17H21N5O/c1-17(9-15(23)21(2)16(19)20-17)13-4-3-5-14(8-13)22-7-6-12(10-18)11-22/h3-5,8,12H,6-7,9,11H2,1-2H3,(H2,19,20). The Kier molecular flexibility index (Phi) is 3.72. The van der Waals surface area contributed by atoms with E-state index < -0.39 is 5.54 Å². The van der Waals surface area contributed by atoms with Gasteiger partial charge in [-0.15, -0.1) is 0 Å². The molecule has 2 aliphatic rings. The lowest BCUT2D eigenvalue weighted by molar-refractivity contribution is -0.128. The number of carbonyl (C=O) groups excluding carboxylic acids is 1. The highest BCUT2D eigenvalue weighted by atomic mass is 16.2. The van der Waals surface area contributed by atoms with Gasteiger partial charge in [0.25, 0.3) is 0 Å². The number of hydrogen-bond acceptors (Lipinski definition) is 5. The van der Waals surface area contributed by atoms with E-state index in [1.165, 1.54) is 4.90 Å². The molecular formula is C17H21N5O. The minimum atomic E-state index is -0.641. The third-order valence-corrected chi connectivity index (χ3v) is 4.78. The number of benzene rings is 1. The van der Waals surface area contributed by atoms with Gasteiger partial charge in [0, 0.05) is 25.8 Å². The van der Waals surface area contributed by atoms with Crippen molar-refractivity contribution >= 4 is 17.6 Å². The molecule has 2 unspecified atom stereocenters. The monoisotopic (exact) mass is 311 g/mol. The maximum atomic E-state index is 12.1. The fraction of sp³-hybridized carbons (Fsp3) is 0.471. The Morgan fingerprint density at radius 1 is 1.48 bits per heavy atom. The van der Waals surface area contributed by atoms with Crippen LogP contribution in [0.2, 0.25) is 0 Å². The molecule has 2 N–H and O–H groups in total. The Morgan fingerprint density at radius 2 is 2.26 bits per heavy atom. The molecule has 120 valence electrons. The highest BCUT2D eigenvalue weighted by Crippen LogP contribution is 2.35. The van der Waals surface area contributed by atoms with E-state index in [0.717, 1.165) is 30.8 Å². The summed E-state index contributed by atoms with van der Waals surface area (Å²) in [5, 5.41) is 9.06. The molecule has 1 aromatic carbocycles. The van der Waals surface area contributed by atoms with Crippen LogP contribution in [0.3, 0.4) is 0 Å². The molecule has 0 aromatic heterocycles. The third-order valence-electron chi connectivity index (χ3n) is 4.78. The van der Waals surface area contributed by atoms with Crippen molar-refractivity contribution in [2.45, 2.75) is 25.3 Å². The minimum absolute atomic E-state index is 0.0314. The lowest BCUT2D eigenvalue weighted by atomic mass is 9.87. The third kappa shape index (κ3) is 2.74. The first-order valence-corrected chi connectivity index (χ1v) is 7.80. The van der Waals surface area contributed by atoms with Crippen molar-refractivity contribution in [1.82, 2.24) is 4.90 Å². The highest BCUT2D eigenvalue weighted by Gasteiger charge is 2.36. The maximum Gasteiger partial charge on any atom is 0.231 e. The van der Waals surface area contributed by atoms with Gasteiger partial charge in [0.2, 0.25) is 5.91 Å². The van der Waals surface area contributed by atoms with Gasteiger partial charge in [-0.25, -0.2) is 4.99 Å². The largest absolute Gasteiger partial charge is 0.370 e. The molecule has 6 heteroatoms. The van der Waals surface area contributed by atoms with E-state index in [1.807, 2.05) is 25.1 Å². The van der Waals surface area contributed by atoms with E-state index in [1.54, 1.807) is 7.05 Å². The van der Waals surface area contributed by atoms with Gasteiger partial charge in [0.1, 0.15) is 0 Å². The summed E-state index contributed by atoms with van der Waals surface area (Å²) in [6, 6.07) is 10.4. The molecule has 0 aliphatic carbocycles. The predicted octanol–water partition coefficient (Wildman–Crippen LogP) is 1.43. The van der Waals surface area contributed by atoms with Gasteiger partial charge in [-0.05, 0) is 31.0 Å². The fourth-order valence-corrected chi connectivity index (χ4v) is 3.21. The Bertz CT molecular complexity index is 707. The van der Waals surface area contributed by atoms with Crippen LogP contribution < -0.4 is 10.6 Å². The molecule has 2 heterocycles. The van der Waals surface area contributed by atoms with Crippen LogP contribution in [0.25, 0.3) is 0 Å². The maximum absolute atomic E-state index is 12.1. The quantitative estimate of drug-likeness (QED) is 0.895. The molecule has 2 atom stereocenters. The van der Waals surface area contributed by atoms with Gasteiger partial charge in [0.15, 0.2) is 5.96 Å². The average Bonchev–Trinajstić information content (AvgIpc) is 3.02. The summed E-state index contributed by atoms with van der Waals surface area (Å²) in [4.78, 5) is 20.3. The van der Waals surface area contributed by atoms with Crippen LogP contribution in [-0.2, 0) is 10.3 Å². The number of hydrogen-bond donors (Lipinski definition) is 1. The average molecular weight is 311 g/mol. The van der Waals surface area contributed by atoms with E-state index in [-0.39, 0.29) is 17.8 Å². The molecule has 6 nitrogen and oxygen atoms in total. The number of nitrogens with zero attached hydrogens (tertiary/aromatic N) is 4. The molecule has 1 saturated heterocycles. The van der Waals surface area contributed by atoms with E-state index in [4.69, 9.17) is 11.0 Å². The van der Waals surface area contributed by atoms with Crippen LogP contribution in [0.4, 0.5) is 5.69 Å². The molecule has 1 aromatic rings. The number of nitriles is 1. The van der Waals surface area contributed by atoms with Gasteiger partial charge in [-0.3, -0.25) is 9.69 Å². The van der Waals surface area contributed by atoms with Crippen molar-refractivity contribution in [3.63, 3.8) is 0 Å². The van der Waals surface area contributed by atoms with Crippen LogP contribution in [-0.4, -0.2) is 36.9 Å². The van der Waals surface area contributed by atoms with E-state index >= 15 is 0 Å². The summed E-state index contributed by atoms with van der Waals surface area (Å²) < 4.78 is 0. The summed E-state index contributed by atoms with van der Waals surface area (Å²) in [7, 11) is 1.64. The Balaban J connectivity index is 1.91. The van der Waals surface area contributed by atoms with Gasteiger partial charge < -0.3 is 10.6 Å². The van der Waals surface area contributed by atoms with E-state index in [0.29, 0.717) is 6.42 Å². The van der Waals surface area contributed by atoms with Crippen LogP contribution in [0, 0.1) is 17.2 Å². The highest BCUT2D eigenvalue weighted by molar-refractivity contribution is 5.98. The first kappa shape index (κ1) is 15.3. The lowest BCUT2D eigenvalue weighted by Gasteiger charge is -2.34. The second-order valence-corrected chi connectivity index (χ2v) is 6.48. The number of guanidine groups is 1. The van der Waals surface area contributed by atoms with E-state index in [9.17, 15) is 4.79 Å². The summed E-state index contributed by atoms with van der Waals surface area (Å²) in [6.07, 6.45) is 1.20. The second-order valence-electron chi connectivity index (χ2n) is 6.48. The number of aliphatic imine (C=N–C) groups is 1. The molecule has 1 fully saturated rings. The first-order chi connectivity index (χ1) is 10.9. The van der Waals surface area contributed by atoms with E-state index in [2.05, 4.69) is 22.0 Å². The van der Waals surface area contributed by atoms with Crippen LogP contribution in [0.5, 0.6) is 0 Å². The number of amides is 1. The summed E-state index contributed by atoms with van der Waals surface area (Å²) in [5.41, 5.74) is 7.29. The van der Waals surface area contributed by atoms with Crippen molar-refractivity contribution in [3.05, 3.63) is 29.8 Å². The topological polar surface area (TPSA) is 85.7 Å². The smallest absolute Gasteiger partial charge is 0.231 e. The van der Waals surface area contributed by atoms with Gasteiger partial charge in [-0.2, -0.15) is 5.26 Å². The molecule has 0 spiro atoms. The van der Waals surface area contributed by atoms with Crippen molar-refractivity contribution in [3.8, 4) is 6.07 Å². The lowest BCUT2D eigenvalue weighted by Crippen LogP contribution is -2.47. The molecule has 3 rings (SSSR count).